The molecule has 0 aliphatic carbocycles. The fourth-order valence-corrected chi connectivity index (χ4v) is 1.52. The Kier molecular flexibility index (Phi) is 5.51. The van der Waals surface area contributed by atoms with E-state index in [4.69, 9.17) is 5.11 Å². The highest BCUT2D eigenvalue weighted by Gasteiger charge is 2.03. The van der Waals surface area contributed by atoms with Gasteiger partial charge in [0.05, 0.1) is 3.58 Å². The van der Waals surface area contributed by atoms with Gasteiger partial charge >= 0.3 is 0 Å². The van der Waals surface area contributed by atoms with E-state index in [-0.39, 0.29) is 0 Å². The van der Waals surface area contributed by atoms with E-state index in [2.05, 4.69) is 45.2 Å². The molecule has 0 saturated heterocycles. The Morgan fingerprint density at radius 3 is 1.88 bits per heavy atom. The number of allylic oxidation sites excluding steroid dienone is 1. The van der Waals surface area contributed by atoms with Crippen LogP contribution < -0.4 is 0 Å². The second kappa shape index (κ2) is 4.53. The molecule has 1 unspecified atom stereocenters. The van der Waals surface area contributed by atoms with Gasteiger partial charge in [0, 0.05) is 3.92 Å². The molecule has 8 heavy (non-hydrogen) atoms. The van der Waals surface area contributed by atoms with Crippen molar-refractivity contribution in [3.63, 3.8) is 0 Å². The van der Waals surface area contributed by atoms with Crippen LogP contribution in [0.5, 0.6) is 0 Å². The predicted octanol–water partition coefficient (Wildman–Crippen LogP) is 3.41. The van der Waals surface area contributed by atoms with E-state index in [1.54, 1.807) is 0 Å². The van der Waals surface area contributed by atoms with Crippen LogP contribution >= 0.6 is 67.8 Å². The molecule has 0 aliphatic rings. The van der Waals surface area contributed by atoms with Crippen molar-refractivity contribution in [2.45, 2.75) is 10.8 Å². The maximum atomic E-state index is 8.85. The summed E-state index contributed by atoms with van der Waals surface area (Å²) in [6.07, 6.45) is 0. The molecule has 0 bridgehead atoms. The molecule has 0 aromatic heterocycles. The van der Waals surface area contributed by atoms with Crippen molar-refractivity contribution in [3.05, 3.63) is 7.35 Å². The highest BCUT2D eigenvalue weighted by atomic mass is 127. The van der Waals surface area contributed by atoms with Gasteiger partial charge in [-0.1, -0.05) is 22.6 Å². The van der Waals surface area contributed by atoms with Gasteiger partial charge in [-0.15, -0.1) is 0 Å². The predicted molar refractivity (Wildman–Crippen MR) is 61.2 cm³/mol. The van der Waals surface area contributed by atoms with Crippen LogP contribution in [0.1, 0.15) is 6.92 Å². The van der Waals surface area contributed by atoms with Crippen LogP contribution in [0, 0.1) is 0 Å². The monoisotopic (exact) mass is 450 g/mol. The normalized spacial score (nSPS) is 17.5. The molecule has 1 N–H and O–H groups in total. The quantitative estimate of drug-likeness (QED) is 0.369. The molecule has 0 aromatic carbocycles. The third-order valence-electron chi connectivity index (χ3n) is 0.546. The van der Waals surface area contributed by atoms with E-state index >= 15 is 0 Å². The SMILES string of the molecule is CC(I)C(I)=C(O)I. The van der Waals surface area contributed by atoms with Crippen LogP contribution in [-0.4, -0.2) is 9.03 Å². The van der Waals surface area contributed by atoms with E-state index in [0.717, 1.165) is 3.58 Å². The average molecular weight is 450 g/mol. The van der Waals surface area contributed by atoms with Gasteiger partial charge in [0.1, 0.15) is 0 Å². The molecule has 0 radical (unpaired) electrons. The number of alkyl halides is 1. The molecule has 1 nitrogen and oxygen atoms in total. The van der Waals surface area contributed by atoms with Gasteiger partial charge in [0.15, 0.2) is 3.77 Å². The Labute approximate surface area is 89.7 Å². The number of rotatable bonds is 1. The Bertz CT molecular complexity index is 104. The first-order valence-electron chi connectivity index (χ1n) is 1.94. The molecule has 0 spiro atoms. The third-order valence-corrected chi connectivity index (χ3v) is 5.42. The minimum absolute atomic E-state index is 0.408. The van der Waals surface area contributed by atoms with E-state index in [0.29, 0.717) is 7.69 Å². The van der Waals surface area contributed by atoms with Gasteiger partial charge in [-0.3, -0.25) is 0 Å². The molecule has 0 rings (SSSR count). The van der Waals surface area contributed by atoms with Crippen LogP contribution in [0.4, 0.5) is 0 Å². The van der Waals surface area contributed by atoms with Crippen molar-refractivity contribution in [3.8, 4) is 0 Å². The van der Waals surface area contributed by atoms with Crippen molar-refractivity contribution in [2.24, 2.45) is 0 Å². The zero-order valence-electron chi connectivity index (χ0n) is 4.16. The van der Waals surface area contributed by atoms with E-state index in [1.165, 1.54) is 0 Å². The maximum Gasteiger partial charge on any atom is 0.163 e. The number of hydrogen-bond donors (Lipinski definition) is 1. The van der Waals surface area contributed by atoms with Crippen molar-refractivity contribution in [2.75, 3.05) is 0 Å². The largest absolute Gasteiger partial charge is 0.502 e. The lowest BCUT2D eigenvalue weighted by Gasteiger charge is -1.99. The van der Waals surface area contributed by atoms with Gasteiger partial charge in [0.25, 0.3) is 0 Å². The summed E-state index contributed by atoms with van der Waals surface area (Å²) in [6, 6.07) is 0. The molecule has 0 fully saturated rings. The number of aliphatic hydroxyl groups excluding tert-OH is 1. The summed E-state index contributed by atoms with van der Waals surface area (Å²) in [5, 5.41) is 8.85. The number of halogens is 3. The summed E-state index contributed by atoms with van der Waals surface area (Å²) in [5.41, 5.74) is 0. The fraction of sp³-hybridized carbons (Fsp3) is 0.500. The maximum absolute atomic E-state index is 8.85. The Morgan fingerprint density at radius 2 is 1.88 bits per heavy atom. The molecular formula is C4H5I3O. The van der Waals surface area contributed by atoms with Crippen molar-refractivity contribution >= 4 is 67.8 Å². The van der Waals surface area contributed by atoms with E-state index in [9.17, 15) is 0 Å². The summed E-state index contributed by atoms with van der Waals surface area (Å²) in [5.74, 6) is 0. The van der Waals surface area contributed by atoms with Crippen molar-refractivity contribution in [1.29, 1.82) is 0 Å². The number of aliphatic hydroxyl groups is 1. The molecule has 48 valence electrons. The van der Waals surface area contributed by atoms with Gasteiger partial charge in [-0.05, 0) is 52.1 Å². The van der Waals surface area contributed by atoms with E-state index < -0.39 is 0 Å². The van der Waals surface area contributed by atoms with Gasteiger partial charge in [-0.25, -0.2) is 0 Å². The minimum atomic E-state index is 0.408. The lowest BCUT2D eigenvalue weighted by atomic mass is 10.5. The Hall–Kier alpha value is 1.73. The summed E-state index contributed by atoms with van der Waals surface area (Å²) in [7, 11) is 0. The average Bonchev–Trinajstić information content (AvgIpc) is 1.64. The fourth-order valence-electron chi connectivity index (χ4n) is 0.164. The van der Waals surface area contributed by atoms with Crippen molar-refractivity contribution in [1.82, 2.24) is 0 Å². The highest BCUT2D eigenvalue weighted by molar-refractivity contribution is 14.1. The molecule has 0 aliphatic heterocycles. The number of hydrogen-bond acceptors (Lipinski definition) is 1. The summed E-state index contributed by atoms with van der Waals surface area (Å²) in [6.45, 7) is 2.04. The minimum Gasteiger partial charge on any atom is -0.502 e. The first kappa shape index (κ1) is 9.73. The summed E-state index contributed by atoms with van der Waals surface area (Å²) < 4.78 is 1.85. The van der Waals surface area contributed by atoms with Crippen LogP contribution in [0.15, 0.2) is 7.35 Å². The highest BCUT2D eigenvalue weighted by Crippen LogP contribution is 2.24. The molecule has 0 saturated carbocycles. The zero-order valence-corrected chi connectivity index (χ0v) is 10.6. The molecule has 0 heterocycles. The summed E-state index contributed by atoms with van der Waals surface area (Å²) >= 11 is 6.30. The van der Waals surface area contributed by atoms with Gasteiger partial charge in [-0.2, -0.15) is 0 Å². The zero-order chi connectivity index (χ0) is 6.73. The lowest BCUT2D eigenvalue weighted by Crippen LogP contribution is -1.89. The molecule has 4 heteroatoms. The van der Waals surface area contributed by atoms with E-state index in [1.807, 2.05) is 29.5 Å². The Morgan fingerprint density at radius 1 is 1.50 bits per heavy atom. The molecule has 0 amide bonds. The standard InChI is InChI=1S/C4H5I3O/c1-2(5)3(6)4(7)8/h2,8H,1H3. The first-order chi connectivity index (χ1) is 3.55. The van der Waals surface area contributed by atoms with Gasteiger partial charge < -0.3 is 5.11 Å². The summed E-state index contributed by atoms with van der Waals surface area (Å²) in [4.78, 5) is 0. The van der Waals surface area contributed by atoms with Gasteiger partial charge in [0.2, 0.25) is 0 Å². The lowest BCUT2D eigenvalue weighted by molar-refractivity contribution is 0.463. The second-order valence-corrected chi connectivity index (χ2v) is 5.31. The second-order valence-electron chi connectivity index (χ2n) is 1.25. The van der Waals surface area contributed by atoms with Crippen molar-refractivity contribution < 1.29 is 5.11 Å². The van der Waals surface area contributed by atoms with Crippen LogP contribution in [0.2, 0.25) is 0 Å². The van der Waals surface area contributed by atoms with Crippen LogP contribution in [0.3, 0.4) is 0 Å². The topological polar surface area (TPSA) is 20.2 Å². The molecule has 1 atom stereocenters. The molecular weight excluding hydrogens is 445 g/mol. The van der Waals surface area contributed by atoms with Crippen LogP contribution in [0.25, 0.3) is 0 Å². The Balaban J connectivity index is 4.00. The van der Waals surface area contributed by atoms with Crippen LogP contribution in [-0.2, 0) is 0 Å². The first-order valence-corrected chi connectivity index (χ1v) is 5.34. The smallest absolute Gasteiger partial charge is 0.163 e. The molecule has 0 aromatic rings. The third kappa shape index (κ3) is 3.70.